The van der Waals surface area contributed by atoms with Crippen LogP contribution in [0.25, 0.3) is 0 Å². The van der Waals surface area contributed by atoms with Crippen LogP contribution in [0.4, 0.5) is 0 Å². The van der Waals surface area contributed by atoms with E-state index >= 15 is 0 Å². The lowest BCUT2D eigenvalue weighted by Gasteiger charge is -2.70. The van der Waals surface area contributed by atoms with E-state index in [2.05, 4.69) is 50.9 Å². The molecule has 8 aliphatic rings. The molecule has 256 valence electrons. The third-order valence-corrected chi connectivity index (χ3v) is 16.2. The number of carbonyl (C=O) groups is 3. The first kappa shape index (κ1) is 31.8. The van der Waals surface area contributed by atoms with Crippen molar-refractivity contribution in [1.29, 1.82) is 0 Å². The van der Waals surface area contributed by atoms with Gasteiger partial charge in [-0.2, -0.15) is 0 Å². The van der Waals surface area contributed by atoms with Gasteiger partial charge in [-0.25, -0.2) is 0 Å². The van der Waals surface area contributed by atoms with Gasteiger partial charge in [0, 0.05) is 35.0 Å². The maximum atomic E-state index is 13.8. The number of nitrogens with one attached hydrogen (secondary N) is 1. The normalized spacial score (nSPS) is 47.5. The van der Waals surface area contributed by atoms with Gasteiger partial charge >= 0.3 is 11.8 Å². The Morgan fingerprint density at radius 3 is 2.26 bits per heavy atom. The summed E-state index contributed by atoms with van der Waals surface area (Å²) in [6.07, 6.45) is 17.6. The lowest BCUT2D eigenvalue weighted by Crippen LogP contribution is -2.65. The van der Waals surface area contributed by atoms with Gasteiger partial charge in [-0.15, -0.1) is 0 Å². The van der Waals surface area contributed by atoms with Crippen LogP contribution < -0.4 is 5.32 Å². The fraction of sp³-hybridized carbons (Fsp3) is 0.775. The number of aliphatic hydroxyl groups is 1. The predicted molar refractivity (Wildman–Crippen MR) is 182 cm³/mol. The van der Waals surface area contributed by atoms with Crippen molar-refractivity contribution in [3.8, 4) is 0 Å². The lowest BCUT2D eigenvalue weighted by atomic mass is 9.34. The molecule has 8 unspecified atom stereocenters. The second-order valence-electron chi connectivity index (χ2n) is 18.5. The summed E-state index contributed by atoms with van der Waals surface area (Å²) >= 11 is 0. The second-order valence-corrected chi connectivity index (χ2v) is 18.5. The highest BCUT2D eigenvalue weighted by atomic mass is 16.3. The van der Waals surface area contributed by atoms with E-state index in [0.29, 0.717) is 12.0 Å². The van der Waals surface area contributed by atoms with Crippen molar-refractivity contribution in [1.82, 2.24) is 15.1 Å². The first-order valence-electron chi connectivity index (χ1n) is 18.9. The standard InChI is InChI=1S/C40H57N3O4/c1-24-28-10-11-31-38(4,29(28)22-30(44)33(24)45)15-17-40(6)32-23-37(3,14-12-36(32,2)13-16-39(31,40)5)41-34(46)35(47)43-25-8-9-26(43)21-27(20-25)42-18-7-19-42/h11,22,25-28,32,45H,7-10,12-21,23H2,1-6H3,(H,41,46)/t25-,26?,27?,28?,32?,36?,37?,38?,39?,40-/m0/s1. The molecule has 2 N–H and O–H groups in total. The summed E-state index contributed by atoms with van der Waals surface area (Å²) in [5.74, 6) is -0.488. The second kappa shape index (κ2) is 10.3. The van der Waals surface area contributed by atoms with Crippen LogP contribution >= 0.6 is 0 Å². The summed E-state index contributed by atoms with van der Waals surface area (Å²) in [7, 11) is 0. The van der Waals surface area contributed by atoms with E-state index in [9.17, 15) is 19.5 Å². The molecular formula is C40H57N3O4. The summed E-state index contributed by atoms with van der Waals surface area (Å²) < 4.78 is 0. The average molecular weight is 644 g/mol. The highest BCUT2D eigenvalue weighted by Gasteiger charge is 2.67. The van der Waals surface area contributed by atoms with Crippen molar-refractivity contribution in [3.63, 3.8) is 0 Å². The number of allylic oxidation sites excluding steroid dienone is 5. The topological polar surface area (TPSA) is 89.9 Å². The van der Waals surface area contributed by atoms with Gasteiger partial charge in [0.2, 0.25) is 5.78 Å². The van der Waals surface area contributed by atoms with Gasteiger partial charge in [0.15, 0.2) is 5.76 Å². The molecule has 47 heavy (non-hydrogen) atoms. The number of ketones is 1. The maximum Gasteiger partial charge on any atom is 0.312 e. The number of amides is 2. The molecule has 3 saturated heterocycles. The number of rotatable bonds is 2. The molecule has 0 radical (unpaired) electrons. The van der Waals surface area contributed by atoms with Crippen molar-refractivity contribution in [3.05, 3.63) is 34.6 Å². The number of carbonyl (C=O) groups excluding carboxylic acids is 3. The van der Waals surface area contributed by atoms with Crippen LogP contribution in [0, 0.1) is 33.5 Å². The number of hydrogen-bond acceptors (Lipinski definition) is 5. The zero-order chi connectivity index (χ0) is 33.3. The molecule has 3 saturated carbocycles. The molecule has 10 atom stereocenters. The van der Waals surface area contributed by atoms with E-state index in [1.165, 1.54) is 30.7 Å². The van der Waals surface area contributed by atoms with E-state index < -0.39 is 11.4 Å². The summed E-state index contributed by atoms with van der Waals surface area (Å²) in [6.45, 7) is 16.4. The van der Waals surface area contributed by atoms with Crippen molar-refractivity contribution in [2.45, 2.75) is 149 Å². The zero-order valence-corrected chi connectivity index (χ0v) is 29.7. The van der Waals surface area contributed by atoms with Crippen LogP contribution in [0.1, 0.15) is 125 Å². The van der Waals surface area contributed by atoms with E-state index in [4.69, 9.17) is 0 Å². The quantitative estimate of drug-likeness (QED) is 0.256. The van der Waals surface area contributed by atoms with Crippen molar-refractivity contribution < 1.29 is 19.5 Å². The van der Waals surface area contributed by atoms with Crippen molar-refractivity contribution in [2.75, 3.05) is 13.1 Å². The molecule has 5 aliphatic carbocycles. The molecule has 2 amide bonds. The number of fused-ring (bicyclic) bond motifs is 9. The van der Waals surface area contributed by atoms with Crippen LogP contribution in [0.15, 0.2) is 34.6 Å². The van der Waals surface area contributed by atoms with Crippen molar-refractivity contribution in [2.24, 2.45) is 33.5 Å². The third kappa shape index (κ3) is 4.35. The SMILES string of the molecule is CC1=C(O)C(=O)C=C2C1CC=C1C2(C)CC[C@@]2(C)C3CC(C)(NC(=O)C(=O)N4C5CC[C@H]4CC(N4CCC4)C5)CCC3(C)CCC12C. The minimum absolute atomic E-state index is 0.0265. The van der Waals surface area contributed by atoms with Gasteiger partial charge in [0.05, 0.1) is 0 Å². The number of aliphatic hydroxyl groups excluding tert-OH is 1. The van der Waals surface area contributed by atoms with Gasteiger partial charge in [-0.3, -0.25) is 14.4 Å². The number of piperidine rings is 1. The Hall–Kier alpha value is -2.41. The monoisotopic (exact) mass is 643 g/mol. The van der Waals surface area contributed by atoms with Crippen molar-refractivity contribution >= 4 is 17.6 Å². The van der Waals surface area contributed by atoms with E-state index in [1.54, 1.807) is 6.08 Å². The molecule has 0 aromatic carbocycles. The summed E-state index contributed by atoms with van der Waals surface area (Å²) in [6, 6.07) is 0.986. The van der Waals surface area contributed by atoms with E-state index in [-0.39, 0.29) is 57.1 Å². The summed E-state index contributed by atoms with van der Waals surface area (Å²) in [4.78, 5) is 45.1. The van der Waals surface area contributed by atoms with Crippen LogP contribution in [-0.2, 0) is 14.4 Å². The molecule has 7 heteroatoms. The molecule has 0 aromatic rings. The fourth-order valence-corrected chi connectivity index (χ4v) is 13.0. The smallest absolute Gasteiger partial charge is 0.312 e. The van der Waals surface area contributed by atoms with Gasteiger partial charge in [-0.1, -0.05) is 39.3 Å². The third-order valence-electron chi connectivity index (χ3n) is 16.2. The minimum Gasteiger partial charge on any atom is -0.504 e. The Bertz CT molecular complexity index is 1510. The summed E-state index contributed by atoms with van der Waals surface area (Å²) in [5.41, 5.74) is 3.09. The average Bonchev–Trinajstić information content (AvgIpc) is 3.26. The zero-order valence-electron chi connectivity index (χ0n) is 29.7. The van der Waals surface area contributed by atoms with E-state index in [0.717, 1.165) is 82.6 Å². The predicted octanol–water partition coefficient (Wildman–Crippen LogP) is 6.79. The molecular weight excluding hydrogens is 586 g/mol. The van der Waals surface area contributed by atoms with Gasteiger partial charge in [0.25, 0.3) is 0 Å². The Labute approximate surface area is 281 Å². The molecule has 8 rings (SSSR count). The van der Waals surface area contributed by atoms with Gasteiger partial charge < -0.3 is 20.2 Å². The number of nitrogens with zero attached hydrogens (tertiary/aromatic N) is 2. The maximum absolute atomic E-state index is 13.8. The Balaban J connectivity index is 1.03. The van der Waals surface area contributed by atoms with Crippen LogP contribution in [0.3, 0.4) is 0 Å². The molecule has 0 spiro atoms. The first-order chi connectivity index (χ1) is 22.1. The number of likely N-dealkylation sites (tertiary alicyclic amines) is 1. The van der Waals surface area contributed by atoms with Crippen LogP contribution in [-0.4, -0.2) is 69.3 Å². The fourth-order valence-electron chi connectivity index (χ4n) is 13.0. The first-order valence-corrected chi connectivity index (χ1v) is 18.9. The number of hydrogen-bond donors (Lipinski definition) is 2. The molecule has 3 aliphatic heterocycles. The van der Waals surface area contributed by atoms with Gasteiger partial charge in [0.1, 0.15) is 0 Å². The summed E-state index contributed by atoms with van der Waals surface area (Å²) in [5, 5.41) is 13.9. The highest BCUT2D eigenvalue weighted by Crippen LogP contribution is 2.75. The van der Waals surface area contributed by atoms with Crippen LogP contribution in [0.5, 0.6) is 0 Å². The Morgan fingerprint density at radius 1 is 0.915 bits per heavy atom. The minimum atomic E-state index is -0.419. The molecule has 0 aromatic heterocycles. The molecule has 6 fully saturated rings. The Kier molecular flexibility index (Phi) is 6.98. The highest BCUT2D eigenvalue weighted by molar-refractivity contribution is 6.35. The van der Waals surface area contributed by atoms with E-state index in [1.807, 2.05) is 11.8 Å². The van der Waals surface area contributed by atoms with Crippen LogP contribution in [0.2, 0.25) is 0 Å². The Morgan fingerprint density at radius 2 is 1.60 bits per heavy atom. The van der Waals surface area contributed by atoms with Gasteiger partial charge in [-0.05, 0) is 150 Å². The molecule has 2 bridgehead atoms. The molecule has 7 nitrogen and oxygen atoms in total. The molecule has 3 heterocycles. The largest absolute Gasteiger partial charge is 0.504 e. The lowest BCUT2D eigenvalue weighted by molar-refractivity contribution is -0.161.